The summed E-state index contributed by atoms with van der Waals surface area (Å²) < 4.78 is 0. The highest BCUT2D eigenvalue weighted by atomic mass is 16.5. The van der Waals surface area contributed by atoms with Crippen LogP contribution in [-0.2, 0) is 0 Å². The molecule has 0 spiro atoms. The number of oxime groups is 1. The Labute approximate surface area is 39.5 Å². The fraction of sp³-hybridized carbons (Fsp3) is 0. The molecule has 0 heterocycles. The Morgan fingerprint density at radius 2 is 2.14 bits per heavy atom. The maximum absolute atomic E-state index is 7.67. The lowest BCUT2D eigenvalue weighted by atomic mass is 11.1. The van der Waals surface area contributed by atoms with Crippen LogP contribution in [-0.4, -0.2) is 21.9 Å². The van der Waals surface area contributed by atoms with Crippen molar-refractivity contribution in [3.05, 3.63) is 0 Å². The summed E-state index contributed by atoms with van der Waals surface area (Å²) in [6, 6.07) is 0. The molecule has 0 aromatic carbocycles. The summed E-state index contributed by atoms with van der Waals surface area (Å²) in [5, 5.41) is 17.6. The van der Waals surface area contributed by atoms with Crippen molar-refractivity contribution in [2.45, 2.75) is 0 Å². The van der Waals surface area contributed by atoms with Gasteiger partial charge in [0, 0.05) is 0 Å². The van der Waals surface area contributed by atoms with Crippen molar-refractivity contribution in [1.82, 2.24) is 5.48 Å². The molecule has 0 unspecified atom stereocenters. The average Bonchev–Trinajstić information content (AvgIpc) is 1.65. The van der Waals surface area contributed by atoms with Gasteiger partial charge >= 0.3 is 0 Å². The lowest BCUT2D eigenvalue weighted by Gasteiger charge is -1.86. The van der Waals surface area contributed by atoms with E-state index in [1.54, 1.807) is 0 Å². The van der Waals surface area contributed by atoms with E-state index in [2.05, 4.69) is 10.9 Å². The topological polar surface area (TPSA) is 122 Å². The molecule has 7 N–H and O–H groups in total. The largest absolute Gasteiger partial charge is 0.412 e. The minimum absolute atomic E-state index is 0. The first-order valence-corrected chi connectivity index (χ1v) is 1.19. The van der Waals surface area contributed by atoms with Crippen LogP contribution in [0.3, 0.4) is 0 Å². The monoisotopic (exact) mass is 109 g/mol. The Morgan fingerprint density at radius 3 is 2.14 bits per heavy atom. The number of hydrogen-bond acceptors (Lipinski definition) is 3. The van der Waals surface area contributed by atoms with E-state index in [4.69, 9.17) is 10.4 Å². The highest BCUT2D eigenvalue weighted by molar-refractivity contribution is 5.75. The molecule has 0 saturated heterocycles. The van der Waals surface area contributed by atoms with Crippen molar-refractivity contribution in [3.63, 3.8) is 0 Å². The molecule has 6 nitrogen and oxygen atoms in total. The molecule has 0 aliphatic carbocycles. The average molecular weight is 109 g/mol. The second kappa shape index (κ2) is 4.99. The zero-order valence-electron chi connectivity index (χ0n) is 3.42. The van der Waals surface area contributed by atoms with E-state index in [1.807, 2.05) is 0 Å². The number of nitrogens with one attached hydrogen (secondary N) is 1. The first-order chi connectivity index (χ1) is 2.81. The van der Waals surface area contributed by atoms with Crippen LogP contribution in [0.5, 0.6) is 0 Å². The molecule has 0 aliphatic heterocycles. The Balaban J connectivity index is 0. The van der Waals surface area contributed by atoms with E-state index in [0.29, 0.717) is 0 Å². The third-order valence-electron chi connectivity index (χ3n) is 0.222. The second-order valence-corrected chi connectivity index (χ2v) is 0.597. The van der Waals surface area contributed by atoms with E-state index in [9.17, 15) is 0 Å². The van der Waals surface area contributed by atoms with Crippen molar-refractivity contribution in [2.24, 2.45) is 10.9 Å². The number of guanidine groups is 1. The molecule has 0 amide bonds. The van der Waals surface area contributed by atoms with Gasteiger partial charge in [-0.3, -0.25) is 5.21 Å². The molecule has 0 aromatic rings. The first-order valence-electron chi connectivity index (χ1n) is 1.19. The molecule has 0 rings (SSSR count). The number of hydrogen-bond donors (Lipinski definition) is 4. The predicted molar refractivity (Wildman–Crippen MR) is 21.9 cm³/mol. The number of rotatable bonds is 0. The van der Waals surface area contributed by atoms with Crippen molar-refractivity contribution < 1.29 is 15.9 Å². The molecule has 0 radical (unpaired) electrons. The smallest absolute Gasteiger partial charge is 0.254 e. The van der Waals surface area contributed by atoms with E-state index in [0.717, 1.165) is 0 Å². The van der Waals surface area contributed by atoms with Gasteiger partial charge in [0.05, 0.1) is 0 Å². The summed E-state index contributed by atoms with van der Waals surface area (Å²) in [6.45, 7) is 0. The summed E-state index contributed by atoms with van der Waals surface area (Å²) in [6.07, 6.45) is 0. The summed E-state index contributed by atoms with van der Waals surface area (Å²) >= 11 is 0. The fourth-order valence-electron chi connectivity index (χ4n) is 0.0224. The van der Waals surface area contributed by atoms with E-state index in [-0.39, 0.29) is 5.48 Å². The van der Waals surface area contributed by atoms with Crippen LogP contribution in [0.4, 0.5) is 0 Å². The Kier molecular flexibility index (Phi) is 6.68. The van der Waals surface area contributed by atoms with Crippen LogP contribution in [0.1, 0.15) is 0 Å². The van der Waals surface area contributed by atoms with Crippen molar-refractivity contribution in [1.29, 1.82) is 0 Å². The van der Waals surface area contributed by atoms with Gasteiger partial charge in [-0.25, -0.2) is 5.48 Å². The van der Waals surface area contributed by atoms with Gasteiger partial charge in [-0.1, -0.05) is 0 Å². The van der Waals surface area contributed by atoms with Gasteiger partial charge in [-0.15, -0.1) is 0 Å². The van der Waals surface area contributed by atoms with Gasteiger partial charge in [0.1, 0.15) is 0 Å². The number of nitrogens with zero attached hydrogens (tertiary/aromatic N) is 1. The van der Waals surface area contributed by atoms with E-state index in [1.165, 1.54) is 5.48 Å². The van der Waals surface area contributed by atoms with Crippen molar-refractivity contribution in [2.75, 3.05) is 0 Å². The summed E-state index contributed by atoms with van der Waals surface area (Å²) in [5.74, 6) is -0.421. The molecule has 0 saturated carbocycles. The third-order valence-corrected chi connectivity index (χ3v) is 0.222. The zero-order chi connectivity index (χ0) is 4.99. The van der Waals surface area contributed by atoms with E-state index < -0.39 is 5.96 Å². The first kappa shape index (κ1) is 9.37. The molecule has 6 heteroatoms. The SMILES string of the molecule is NC(=NO)NO.O. The van der Waals surface area contributed by atoms with Crippen LogP contribution in [0.25, 0.3) is 0 Å². The summed E-state index contributed by atoms with van der Waals surface area (Å²) in [4.78, 5) is 0. The number of hydroxylamine groups is 1. The van der Waals surface area contributed by atoms with E-state index >= 15 is 0 Å². The molecular formula is CH7N3O3. The van der Waals surface area contributed by atoms with Gasteiger partial charge in [-0.05, 0) is 5.16 Å². The molecule has 0 aromatic heterocycles. The van der Waals surface area contributed by atoms with Gasteiger partial charge in [0.2, 0.25) is 0 Å². The lowest BCUT2D eigenvalue weighted by molar-refractivity contribution is 0.221. The molecule has 44 valence electrons. The van der Waals surface area contributed by atoms with Crippen LogP contribution in [0.2, 0.25) is 0 Å². The molecular weight excluding hydrogens is 102 g/mol. The Bertz CT molecular complexity index is 61.2. The van der Waals surface area contributed by atoms with Crippen molar-refractivity contribution >= 4 is 5.96 Å². The highest BCUT2D eigenvalue weighted by Gasteiger charge is 1.76. The summed E-state index contributed by atoms with van der Waals surface area (Å²) in [5.41, 5.74) is 6.00. The van der Waals surface area contributed by atoms with Crippen molar-refractivity contribution in [3.8, 4) is 0 Å². The standard InChI is InChI=1S/CH5N3O2.H2O/c2-1(3-5)4-6;/h5-6H,(H3,2,3,4);1H2. The maximum atomic E-state index is 7.67. The lowest BCUT2D eigenvalue weighted by Crippen LogP contribution is -2.27. The fourth-order valence-corrected chi connectivity index (χ4v) is 0.0224. The molecule has 0 atom stereocenters. The molecule has 0 fully saturated rings. The normalized spacial score (nSPS) is 9.57. The van der Waals surface area contributed by atoms with Crippen LogP contribution < -0.4 is 11.2 Å². The number of nitrogens with two attached hydrogens (primary N) is 1. The van der Waals surface area contributed by atoms with Gasteiger partial charge in [0.25, 0.3) is 5.96 Å². The minimum Gasteiger partial charge on any atom is -0.412 e. The molecule has 0 bridgehead atoms. The van der Waals surface area contributed by atoms with Crippen LogP contribution in [0, 0.1) is 0 Å². The Morgan fingerprint density at radius 1 is 1.71 bits per heavy atom. The van der Waals surface area contributed by atoms with Crippen LogP contribution >= 0.6 is 0 Å². The maximum Gasteiger partial charge on any atom is 0.254 e. The zero-order valence-corrected chi connectivity index (χ0v) is 3.42. The van der Waals surface area contributed by atoms with Gasteiger partial charge in [0.15, 0.2) is 0 Å². The van der Waals surface area contributed by atoms with Gasteiger partial charge < -0.3 is 16.4 Å². The Hall–Kier alpha value is -1.01. The minimum atomic E-state index is -0.421. The quantitative estimate of drug-likeness (QED) is 0.122. The van der Waals surface area contributed by atoms with Crippen LogP contribution in [0.15, 0.2) is 5.16 Å². The third kappa shape index (κ3) is 4.99. The second-order valence-electron chi connectivity index (χ2n) is 0.597. The molecule has 7 heavy (non-hydrogen) atoms. The predicted octanol–water partition coefficient (Wildman–Crippen LogP) is -2.16. The molecule has 0 aliphatic rings. The highest BCUT2D eigenvalue weighted by Crippen LogP contribution is 1.46. The summed E-state index contributed by atoms with van der Waals surface area (Å²) in [7, 11) is 0. The van der Waals surface area contributed by atoms with Gasteiger partial charge in [-0.2, -0.15) is 0 Å².